The molecule has 166 valence electrons. The molecule has 0 unspecified atom stereocenters. The first-order chi connectivity index (χ1) is 15.0. The second-order valence-electron chi connectivity index (χ2n) is 7.06. The maximum atomic E-state index is 12.7. The molecule has 6 nitrogen and oxygen atoms in total. The summed E-state index contributed by atoms with van der Waals surface area (Å²) in [4.78, 5) is 12.7. The van der Waals surface area contributed by atoms with Crippen molar-refractivity contribution in [2.45, 2.75) is 34.1 Å². The van der Waals surface area contributed by atoms with E-state index in [-0.39, 0.29) is 5.56 Å². The third-order valence-corrected chi connectivity index (χ3v) is 5.02. The van der Waals surface area contributed by atoms with Gasteiger partial charge >= 0.3 is 0 Å². The highest BCUT2D eigenvalue weighted by Gasteiger charge is 2.15. The van der Waals surface area contributed by atoms with Gasteiger partial charge in [-0.15, -0.1) is 0 Å². The molecule has 31 heavy (non-hydrogen) atoms. The monoisotopic (exact) mass is 425 g/mol. The number of rotatable bonds is 10. The predicted molar refractivity (Wildman–Crippen MR) is 123 cm³/mol. The molecule has 0 atom stereocenters. The molecule has 0 N–H and O–H groups in total. The summed E-state index contributed by atoms with van der Waals surface area (Å²) in [6.07, 6.45) is 0.565. The van der Waals surface area contributed by atoms with E-state index >= 15 is 0 Å². The lowest BCUT2D eigenvalue weighted by molar-refractivity contribution is 0.287. The van der Waals surface area contributed by atoms with E-state index in [2.05, 4.69) is 0 Å². The molecule has 0 amide bonds. The first kappa shape index (κ1) is 22.5. The van der Waals surface area contributed by atoms with Crippen molar-refractivity contribution in [1.82, 2.24) is 4.57 Å². The summed E-state index contributed by atoms with van der Waals surface area (Å²) in [7, 11) is 1.80. The van der Waals surface area contributed by atoms with Crippen molar-refractivity contribution < 1.29 is 18.9 Å². The van der Waals surface area contributed by atoms with Crippen molar-refractivity contribution in [3.8, 4) is 23.0 Å². The predicted octanol–water partition coefficient (Wildman–Crippen LogP) is 4.72. The highest BCUT2D eigenvalue weighted by Crippen LogP contribution is 2.35. The van der Waals surface area contributed by atoms with Crippen LogP contribution in [0.25, 0.3) is 10.8 Å². The zero-order chi connectivity index (χ0) is 22.4. The van der Waals surface area contributed by atoms with Gasteiger partial charge in [0.2, 0.25) is 0 Å². The van der Waals surface area contributed by atoms with Crippen molar-refractivity contribution >= 4 is 10.8 Å². The molecule has 2 aromatic carbocycles. The number of nitrogens with zero attached hydrogens (tertiary/aromatic N) is 1. The van der Waals surface area contributed by atoms with Crippen LogP contribution in [0.4, 0.5) is 0 Å². The second kappa shape index (κ2) is 10.2. The van der Waals surface area contributed by atoms with Crippen LogP contribution in [0.5, 0.6) is 23.0 Å². The van der Waals surface area contributed by atoms with Crippen LogP contribution < -0.4 is 24.5 Å². The summed E-state index contributed by atoms with van der Waals surface area (Å²) in [6, 6.07) is 11.4. The zero-order valence-corrected chi connectivity index (χ0v) is 19.0. The Kier molecular flexibility index (Phi) is 7.45. The Labute approximate surface area is 183 Å². The molecule has 0 spiro atoms. The summed E-state index contributed by atoms with van der Waals surface area (Å²) in [5.41, 5.74) is 1.87. The Balaban J connectivity index is 2.12. The normalized spacial score (nSPS) is 10.9. The first-order valence-electron chi connectivity index (χ1n) is 10.8. The molecule has 0 aliphatic carbocycles. The SMILES string of the molecule is CCOc1ccc(Cc2c3cc(OCC)c(OCC)cc3cc(=O)n2C)cc1OCC. The molecule has 0 aliphatic rings. The van der Waals surface area contributed by atoms with E-state index < -0.39 is 0 Å². The third-order valence-electron chi connectivity index (χ3n) is 5.02. The summed E-state index contributed by atoms with van der Waals surface area (Å²) < 4.78 is 24.7. The summed E-state index contributed by atoms with van der Waals surface area (Å²) in [5, 5.41) is 1.79. The van der Waals surface area contributed by atoms with Gasteiger partial charge < -0.3 is 23.5 Å². The lowest BCUT2D eigenvalue weighted by atomic mass is 10.0. The van der Waals surface area contributed by atoms with Crippen LogP contribution in [0, 0.1) is 0 Å². The number of pyridine rings is 1. The van der Waals surface area contributed by atoms with E-state index in [0.29, 0.717) is 50.1 Å². The molecule has 0 aliphatic heterocycles. The van der Waals surface area contributed by atoms with Crippen molar-refractivity contribution in [2.24, 2.45) is 7.05 Å². The Hall–Kier alpha value is -3.15. The van der Waals surface area contributed by atoms with Crippen LogP contribution in [0.15, 0.2) is 41.2 Å². The van der Waals surface area contributed by atoms with Gasteiger partial charge in [0.15, 0.2) is 23.0 Å². The van der Waals surface area contributed by atoms with Crippen LogP contribution in [-0.2, 0) is 13.5 Å². The topological polar surface area (TPSA) is 58.9 Å². The van der Waals surface area contributed by atoms with E-state index in [9.17, 15) is 4.79 Å². The highest BCUT2D eigenvalue weighted by molar-refractivity contribution is 5.88. The first-order valence-corrected chi connectivity index (χ1v) is 10.8. The van der Waals surface area contributed by atoms with Gasteiger partial charge in [-0.1, -0.05) is 6.07 Å². The maximum absolute atomic E-state index is 12.7. The van der Waals surface area contributed by atoms with Gasteiger partial charge in [0.1, 0.15) is 0 Å². The van der Waals surface area contributed by atoms with Crippen molar-refractivity contribution in [3.63, 3.8) is 0 Å². The van der Waals surface area contributed by atoms with Gasteiger partial charge in [0.25, 0.3) is 5.56 Å². The average molecular weight is 426 g/mol. The zero-order valence-electron chi connectivity index (χ0n) is 19.0. The molecule has 0 radical (unpaired) electrons. The Morgan fingerprint density at radius 1 is 0.710 bits per heavy atom. The van der Waals surface area contributed by atoms with Crippen LogP contribution in [0.1, 0.15) is 39.0 Å². The number of benzene rings is 2. The lowest BCUT2D eigenvalue weighted by Gasteiger charge is -2.17. The Morgan fingerprint density at radius 3 is 1.87 bits per heavy atom. The lowest BCUT2D eigenvalue weighted by Crippen LogP contribution is -2.20. The molecule has 0 fully saturated rings. The molecule has 3 rings (SSSR count). The van der Waals surface area contributed by atoms with Gasteiger partial charge in [-0.3, -0.25) is 4.79 Å². The van der Waals surface area contributed by atoms with Crippen LogP contribution in [0.3, 0.4) is 0 Å². The molecular formula is C25H31NO5. The smallest absolute Gasteiger partial charge is 0.251 e. The minimum Gasteiger partial charge on any atom is -0.490 e. The number of ether oxygens (including phenoxy) is 4. The molecule has 3 aromatic rings. The third kappa shape index (κ3) is 4.95. The van der Waals surface area contributed by atoms with Crippen LogP contribution in [-0.4, -0.2) is 31.0 Å². The quantitative estimate of drug-likeness (QED) is 0.470. The molecule has 1 aromatic heterocycles. The van der Waals surface area contributed by atoms with Crippen molar-refractivity contribution in [2.75, 3.05) is 26.4 Å². The van der Waals surface area contributed by atoms with E-state index in [4.69, 9.17) is 18.9 Å². The van der Waals surface area contributed by atoms with Crippen molar-refractivity contribution in [1.29, 1.82) is 0 Å². The van der Waals surface area contributed by atoms with Crippen LogP contribution >= 0.6 is 0 Å². The Bertz CT molecular complexity index is 1100. The molecule has 1 heterocycles. The van der Waals surface area contributed by atoms with Crippen molar-refractivity contribution in [3.05, 3.63) is 58.0 Å². The van der Waals surface area contributed by atoms with Gasteiger partial charge in [-0.25, -0.2) is 0 Å². The highest BCUT2D eigenvalue weighted by atomic mass is 16.5. The van der Waals surface area contributed by atoms with E-state index in [1.807, 2.05) is 58.0 Å². The minimum atomic E-state index is -0.0647. The van der Waals surface area contributed by atoms with Gasteiger partial charge in [0, 0.05) is 30.6 Å². The molecule has 0 saturated heterocycles. The molecule has 6 heteroatoms. The van der Waals surface area contributed by atoms with E-state index in [0.717, 1.165) is 27.8 Å². The molecule has 0 saturated carbocycles. The number of aromatic nitrogens is 1. The number of hydrogen-bond donors (Lipinski definition) is 0. The largest absolute Gasteiger partial charge is 0.490 e. The van der Waals surface area contributed by atoms with Gasteiger partial charge in [-0.05, 0) is 62.9 Å². The van der Waals surface area contributed by atoms with E-state index in [1.165, 1.54) is 0 Å². The molecular weight excluding hydrogens is 394 g/mol. The molecule has 0 bridgehead atoms. The average Bonchev–Trinajstić information content (AvgIpc) is 2.75. The fourth-order valence-corrected chi connectivity index (χ4v) is 3.64. The standard InChI is InChI=1S/C25H31NO5/c1-6-28-21-11-10-17(13-22(21)29-7-2)12-20-19-16-24(31-9-4)23(30-8-3)14-18(19)15-25(27)26(20)5/h10-11,13-16H,6-9,12H2,1-5H3. The summed E-state index contributed by atoms with van der Waals surface area (Å²) in [5.74, 6) is 2.76. The van der Waals surface area contributed by atoms with Gasteiger partial charge in [-0.2, -0.15) is 0 Å². The van der Waals surface area contributed by atoms with Gasteiger partial charge in [0.05, 0.1) is 26.4 Å². The Morgan fingerprint density at radius 2 is 1.26 bits per heavy atom. The minimum absolute atomic E-state index is 0.0647. The fraction of sp³-hybridized carbons (Fsp3) is 0.400. The summed E-state index contributed by atoms with van der Waals surface area (Å²) >= 11 is 0. The van der Waals surface area contributed by atoms with E-state index in [1.54, 1.807) is 17.7 Å². The fourth-order valence-electron chi connectivity index (χ4n) is 3.64. The second-order valence-corrected chi connectivity index (χ2v) is 7.06. The van der Waals surface area contributed by atoms with Crippen LogP contribution in [0.2, 0.25) is 0 Å². The summed E-state index contributed by atoms with van der Waals surface area (Å²) in [6.45, 7) is 9.94. The number of hydrogen-bond acceptors (Lipinski definition) is 5. The number of fused-ring (bicyclic) bond motifs is 1. The maximum Gasteiger partial charge on any atom is 0.251 e.